The minimum Gasteiger partial charge on any atom is -0.371 e. The van der Waals surface area contributed by atoms with E-state index in [1.807, 2.05) is 12.4 Å². The van der Waals surface area contributed by atoms with Crippen LogP contribution in [-0.2, 0) is 0 Å². The summed E-state index contributed by atoms with van der Waals surface area (Å²) in [6, 6.07) is 4.21. The molecule has 0 saturated carbocycles. The van der Waals surface area contributed by atoms with Crippen LogP contribution in [0.15, 0.2) is 24.5 Å². The summed E-state index contributed by atoms with van der Waals surface area (Å²) in [5, 5.41) is 3.53. The molecule has 0 spiro atoms. The average molecular weight is 233 g/mol. The summed E-state index contributed by atoms with van der Waals surface area (Å²) >= 11 is 0. The topological polar surface area (TPSA) is 28.2 Å². The van der Waals surface area contributed by atoms with Crippen LogP contribution in [0.4, 0.5) is 5.69 Å². The third kappa shape index (κ3) is 3.70. The number of piperidine rings is 1. The highest BCUT2D eigenvalue weighted by molar-refractivity contribution is 5.44. The SMILES string of the molecule is CCCNCC1CCN(c2ccncc2)CC1. The molecule has 2 rings (SSSR count). The number of rotatable bonds is 5. The zero-order chi connectivity index (χ0) is 11.9. The Morgan fingerprint density at radius 3 is 2.65 bits per heavy atom. The van der Waals surface area contributed by atoms with Gasteiger partial charge in [-0.3, -0.25) is 4.98 Å². The Kier molecular flexibility index (Phi) is 4.80. The highest BCUT2D eigenvalue weighted by atomic mass is 15.1. The second kappa shape index (κ2) is 6.60. The van der Waals surface area contributed by atoms with Crippen LogP contribution < -0.4 is 10.2 Å². The number of hydrogen-bond donors (Lipinski definition) is 1. The maximum atomic E-state index is 4.07. The first-order valence-electron chi connectivity index (χ1n) is 6.76. The molecule has 1 aliphatic heterocycles. The second-order valence-corrected chi connectivity index (χ2v) is 4.84. The molecule has 0 aromatic carbocycles. The molecule has 1 aliphatic rings. The van der Waals surface area contributed by atoms with Crippen LogP contribution >= 0.6 is 0 Å². The fraction of sp³-hybridized carbons (Fsp3) is 0.643. The number of anilines is 1. The molecule has 0 unspecified atom stereocenters. The van der Waals surface area contributed by atoms with Crippen molar-refractivity contribution < 1.29 is 0 Å². The molecule has 1 N–H and O–H groups in total. The third-order valence-corrected chi connectivity index (χ3v) is 3.50. The van der Waals surface area contributed by atoms with Gasteiger partial charge in [0.25, 0.3) is 0 Å². The van der Waals surface area contributed by atoms with Gasteiger partial charge in [-0.05, 0) is 50.4 Å². The van der Waals surface area contributed by atoms with Gasteiger partial charge in [0.2, 0.25) is 0 Å². The lowest BCUT2D eigenvalue weighted by Gasteiger charge is -2.33. The molecule has 1 aromatic rings. The highest BCUT2D eigenvalue weighted by Gasteiger charge is 2.18. The van der Waals surface area contributed by atoms with Gasteiger partial charge in [-0.1, -0.05) is 6.92 Å². The first kappa shape index (κ1) is 12.4. The fourth-order valence-corrected chi connectivity index (χ4v) is 2.43. The zero-order valence-electron chi connectivity index (χ0n) is 10.7. The predicted octanol–water partition coefficient (Wildman–Crippen LogP) is 2.30. The molecule has 3 heteroatoms. The minimum atomic E-state index is 0.861. The van der Waals surface area contributed by atoms with Crippen molar-refractivity contribution in [3.8, 4) is 0 Å². The summed E-state index contributed by atoms with van der Waals surface area (Å²) in [5.41, 5.74) is 1.32. The molecule has 0 bridgehead atoms. The lowest BCUT2D eigenvalue weighted by Crippen LogP contribution is -2.37. The molecule has 0 aliphatic carbocycles. The van der Waals surface area contributed by atoms with Gasteiger partial charge in [0.05, 0.1) is 0 Å². The van der Waals surface area contributed by atoms with Crippen molar-refractivity contribution in [2.75, 3.05) is 31.1 Å². The first-order chi connectivity index (χ1) is 8.40. The molecule has 0 radical (unpaired) electrons. The van der Waals surface area contributed by atoms with E-state index in [2.05, 4.69) is 34.3 Å². The number of aromatic nitrogens is 1. The molecule has 1 aromatic heterocycles. The van der Waals surface area contributed by atoms with Gasteiger partial charge in [-0.15, -0.1) is 0 Å². The van der Waals surface area contributed by atoms with Gasteiger partial charge >= 0.3 is 0 Å². The Morgan fingerprint density at radius 2 is 2.00 bits per heavy atom. The first-order valence-corrected chi connectivity index (χ1v) is 6.76. The molecular formula is C14H23N3. The number of hydrogen-bond acceptors (Lipinski definition) is 3. The fourth-order valence-electron chi connectivity index (χ4n) is 2.43. The van der Waals surface area contributed by atoms with Crippen LogP contribution in [0.3, 0.4) is 0 Å². The van der Waals surface area contributed by atoms with Crippen molar-refractivity contribution in [3.63, 3.8) is 0 Å². The monoisotopic (exact) mass is 233 g/mol. The Morgan fingerprint density at radius 1 is 1.29 bits per heavy atom. The number of nitrogens with one attached hydrogen (secondary N) is 1. The lowest BCUT2D eigenvalue weighted by atomic mass is 9.96. The van der Waals surface area contributed by atoms with Crippen LogP contribution in [0.1, 0.15) is 26.2 Å². The maximum Gasteiger partial charge on any atom is 0.0397 e. The zero-order valence-corrected chi connectivity index (χ0v) is 10.7. The van der Waals surface area contributed by atoms with E-state index in [4.69, 9.17) is 0 Å². The van der Waals surface area contributed by atoms with Crippen molar-refractivity contribution in [1.29, 1.82) is 0 Å². The quantitative estimate of drug-likeness (QED) is 0.791. The second-order valence-electron chi connectivity index (χ2n) is 4.84. The third-order valence-electron chi connectivity index (χ3n) is 3.50. The van der Waals surface area contributed by atoms with Crippen molar-refractivity contribution in [3.05, 3.63) is 24.5 Å². The Balaban J connectivity index is 1.74. The standard InChI is InChI=1S/C14H23N3/c1-2-7-16-12-13-5-10-17(11-6-13)14-3-8-15-9-4-14/h3-4,8-9,13,16H,2,5-7,10-12H2,1H3. The van der Waals surface area contributed by atoms with Crippen LogP contribution in [0.25, 0.3) is 0 Å². The molecule has 2 heterocycles. The van der Waals surface area contributed by atoms with E-state index in [0.717, 1.165) is 12.5 Å². The van der Waals surface area contributed by atoms with E-state index in [0.29, 0.717) is 0 Å². The molecular weight excluding hydrogens is 210 g/mol. The molecule has 17 heavy (non-hydrogen) atoms. The van der Waals surface area contributed by atoms with Crippen LogP contribution in [-0.4, -0.2) is 31.2 Å². The summed E-state index contributed by atoms with van der Waals surface area (Å²) in [4.78, 5) is 6.54. The summed E-state index contributed by atoms with van der Waals surface area (Å²) in [6.07, 6.45) is 7.60. The Bertz CT molecular complexity index is 305. The van der Waals surface area contributed by atoms with Crippen molar-refractivity contribution in [2.45, 2.75) is 26.2 Å². The minimum absolute atomic E-state index is 0.861. The Hall–Kier alpha value is -1.09. The number of pyridine rings is 1. The van der Waals surface area contributed by atoms with Crippen molar-refractivity contribution in [1.82, 2.24) is 10.3 Å². The summed E-state index contributed by atoms with van der Waals surface area (Å²) in [5.74, 6) is 0.861. The molecule has 0 atom stereocenters. The summed E-state index contributed by atoms with van der Waals surface area (Å²) < 4.78 is 0. The average Bonchev–Trinajstić information content (AvgIpc) is 2.41. The largest absolute Gasteiger partial charge is 0.371 e. The van der Waals surface area contributed by atoms with Gasteiger partial charge in [-0.2, -0.15) is 0 Å². The number of nitrogens with zero attached hydrogens (tertiary/aromatic N) is 2. The van der Waals surface area contributed by atoms with Crippen LogP contribution in [0.2, 0.25) is 0 Å². The normalized spacial score (nSPS) is 17.4. The van der Waals surface area contributed by atoms with Gasteiger partial charge in [0, 0.05) is 31.2 Å². The van der Waals surface area contributed by atoms with Crippen molar-refractivity contribution >= 4 is 5.69 Å². The van der Waals surface area contributed by atoms with Gasteiger partial charge in [0.15, 0.2) is 0 Å². The Labute approximate surface area is 104 Å². The smallest absolute Gasteiger partial charge is 0.0397 e. The van der Waals surface area contributed by atoms with Crippen molar-refractivity contribution in [2.24, 2.45) is 5.92 Å². The van der Waals surface area contributed by atoms with E-state index in [1.54, 1.807) is 0 Å². The highest BCUT2D eigenvalue weighted by Crippen LogP contribution is 2.21. The summed E-state index contributed by atoms with van der Waals surface area (Å²) in [7, 11) is 0. The molecule has 0 amide bonds. The van der Waals surface area contributed by atoms with E-state index in [-0.39, 0.29) is 0 Å². The van der Waals surface area contributed by atoms with Crippen LogP contribution in [0.5, 0.6) is 0 Å². The van der Waals surface area contributed by atoms with E-state index in [9.17, 15) is 0 Å². The van der Waals surface area contributed by atoms with Gasteiger partial charge in [0.1, 0.15) is 0 Å². The molecule has 1 fully saturated rings. The van der Waals surface area contributed by atoms with E-state index in [1.165, 1.54) is 44.6 Å². The lowest BCUT2D eigenvalue weighted by molar-refractivity contribution is 0.383. The van der Waals surface area contributed by atoms with Crippen LogP contribution in [0, 0.1) is 5.92 Å². The predicted molar refractivity (Wildman–Crippen MR) is 72.3 cm³/mol. The molecule has 3 nitrogen and oxygen atoms in total. The molecule has 94 valence electrons. The van der Waals surface area contributed by atoms with E-state index >= 15 is 0 Å². The van der Waals surface area contributed by atoms with Gasteiger partial charge in [-0.25, -0.2) is 0 Å². The maximum absolute atomic E-state index is 4.07. The van der Waals surface area contributed by atoms with Gasteiger partial charge < -0.3 is 10.2 Å². The van der Waals surface area contributed by atoms with E-state index < -0.39 is 0 Å². The summed E-state index contributed by atoms with van der Waals surface area (Å²) in [6.45, 7) is 6.94. The molecule has 1 saturated heterocycles.